The van der Waals surface area contributed by atoms with Crippen LogP contribution in [-0.2, 0) is 9.84 Å². The maximum Gasteiger partial charge on any atom is 0.175 e. The summed E-state index contributed by atoms with van der Waals surface area (Å²) in [7, 11) is -1.63. The number of nitrogens with zero attached hydrogens (tertiary/aromatic N) is 1. The van der Waals surface area contributed by atoms with Crippen LogP contribution in [0.4, 0.5) is 0 Å². The Bertz CT molecular complexity index is 1300. The number of thiazole rings is 1. The van der Waals surface area contributed by atoms with Crippen molar-refractivity contribution in [2.24, 2.45) is 0 Å². The molecule has 0 unspecified atom stereocenters. The van der Waals surface area contributed by atoms with Crippen molar-refractivity contribution in [3.05, 3.63) is 77.8 Å². The first-order valence-corrected chi connectivity index (χ1v) is 12.2. The van der Waals surface area contributed by atoms with E-state index in [1.807, 2.05) is 48.5 Å². The molecule has 4 nitrogen and oxygen atoms in total. The van der Waals surface area contributed by atoms with Gasteiger partial charge in [-0.2, -0.15) is 0 Å². The zero-order valence-electron chi connectivity index (χ0n) is 16.3. The minimum absolute atomic E-state index is 0.277. The van der Waals surface area contributed by atoms with E-state index in [4.69, 9.17) is 21.3 Å². The van der Waals surface area contributed by atoms with E-state index in [0.717, 1.165) is 38.0 Å². The molecule has 0 aliphatic rings. The molecule has 1 aromatic heterocycles. The lowest BCUT2D eigenvalue weighted by Gasteiger charge is -2.05. The fraction of sp³-hybridized carbons (Fsp3) is 0.0870. The molecule has 0 amide bonds. The van der Waals surface area contributed by atoms with E-state index in [1.54, 1.807) is 42.7 Å². The molecule has 0 spiro atoms. The van der Waals surface area contributed by atoms with Crippen LogP contribution in [0.2, 0.25) is 5.02 Å². The maximum atomic E-state index is 11.8. The van der Waals surface area contributed by atoms with Gasteiger partial charge in [0.05, 0.1) is 27.6 Å². The smallest absolute Gasteiger partial charge is 0.175 e. The Hall–Kier alpha value is -2.67. The van der Waals surface area contributed by atoms with Crippen molar-refractivity contribution >= 4 is 32.8 Å². The van der Waals surface area contributed by atoms with Crippen LogP contribution in [0.25, 0.3) is 32.3 Å². The Labute approximate surface area is 184 Å². The van der Waals surface area contributed by atoms with Crippen LogP contribution in [0.1, 0.15) is 0 Å². The highest BCUT2D eigenvalue weighted by molar-refractivity contribution is 7.90. The van der Waals surface area contributed by atoms with E-state index in [1.165, 1.54) is 6.26 Å². The molecule has 0 bridgehead atoms. The fourth-order valence-electron chi connectivity index (χ4n) is 3.06. The van der Waals surface area contributed by atoms with Gasteiger partial charge in [0.15, 0.2) is 9.84 Å². The summed E-state index contributed by atoms with van der Waals surface area (Å²) in [5, 5.41) is 1.43. The van der Waals surface area contributed by atoms with Gasteiger partial charge in [0, 0.05) is 17.4 Å². The Balaban J connectivity index is 1.88. The third kappa shape index (κ3) is 4.12. The second-order valence-electron chi connectivity index (χ2n) is 6.70. The standard InChI is InChI=1S/C23H18ClNO3S2/c1-28-17-11-7-16(8-12-17)22-21(15-9-13-18(14-10-15)30(2,26)27)25-23(29-22)19-5-3-4-6-20(19)24/h3-14H,1-2H3. The lowest BCUT2D eigenvalue weighted by Crippen LogP contribution is -1.96. The van der Waals surface area contributed by atoms with Gasteiger partial charge >= 0.3 is 0 Å². The molecular weight excluding hydrogens is 438 g/mol. The first-order chi connectivity index (χ1) is 14.4. The molecule has 0 aliphatic heterocycles. The van der Waals surface area contributed by atoms with E-state index in [-0.39, 0.29) is 4.90 Å². The summed E-state index contributed by atoms with van der Waals surface area (Å²) in [5.74, 6) is 0.772. The van der Waals surface area contributed by atoms with E-state index >= 15 is 0 Å². The van der Waals surface area contributed by atoms with Gasteiger partial charge in [0.25, 0.3) is 0 Å². The monoisotopic (exact) mass is 455 g/mol. The van der Waals surface area contributed by atoms with Gasteiger partial charge in [0.2, 0.25) is 0 Å². The van der Waals surface area contributed by atoms with Gasteiger partial charge in [-0.25, -0.2) is 13.4 Å². The molecule has 0 radical (unpaired) electrons. The molecule has 0 saturated heterocycles. The molecule has 1 heterocycles. The van der Waals surface area contributed by atoms with Crippen molar-refractivity contribution in [1.29, 1.82) is 0 Å². The van der Waals surface area contributed by atoms with E-state index < -0.39 is 9.84 Å². The number of sulfone groups is 1. The molecule has 0 atom stereocenters. The average Bonchev–Trinajstić information content (AvgIpc) is 3.19. The van der Waals surface area contributed by atoms with Crippen molar-refractivity contribution in [3.63, 3.8) is 0 Å². The van der Waals surface area contributed by atoms with Crippen LogP contribution in [0.3, 0.4) is 0 Å². The first-order valence-electron chi connectivity index (χ1n) is 9.07. The van der Waals surface area contributed by atoms with Crippen molar-refractivity contribution in [2.75, 3.05) is 13.4 Å². The van der Waals surface area contributed by atoms with Gasteiger partial charge in [0.1, 0.15) is 10.8 Å². The van der Waals surface area contributed by atoms with Gasteiger partial charge < -0.3 is 4.74 Å². The van der Waals surface area contributed by atoms with Gasteiger partial charge in [-0.05, 0) is 48.0 Å². The number of halogens is 1. The second kappa shape index (κ2) is 8.22. The molecule has 4 rings (SSSR count). The molecule has 7 heteroatoms. The second-order valence-corrected chi connectivity index (χ2v) is 10.1. The molecule has 0 saturated carbocycles. The lowest BCUT2D eigenvalue weighted by molar-refractivity contribution is 0.415. The van der Waals surface area contributed by atoms with Crippen molar-refractivity contribution < 1.29 is 13.2 Å². The molecule has 0 aliphatic carbocycles. The van der Waals surface area contributed by atoms with Crippen LogP contribution in [-0.4, -0.2) is 26.8 Å². The van der Waals surface area contributed by atoms with Crippen LogP contribution in [0, 0.1) is 0 Å². The predicted molar refractivity (Wildman–Crippen MR) is 123 cm³/mol. The summed E-state index contributed by atoms with van der Waals surface area (Å²) < 4.78 is 28.9. The van der Waals surface area contributed by atoms with E-state index in [0.29, 0.717) is 5.02 Å². The Kier molecular flexibility index (Phi) is 5.64. The predicted octanol–water partition coefficient (Wildman–Crippen LogP) is 6.21. The van der Waals surface area contributed by atoms with Crippen LogP contribution in [0.5, 0.6) is 5.75 Å². The molecule has 3 aromatic carbocycles. The zero-order valence-corrected chi connectivity index (χ0v) is 18.7. The molecule has 0 fully saturated rings. The third-order valence-corrected chi connectivity index (χ3v) is 7.24. The summed E-state index contributed by atoms with van der Waals surface area (Å²) in [5.41, 5.74) is 3.47. The van der Waals surface area contributed by atoms with Crippen molar-refractivity contribution in [3.8, 4) is 38.0 Å². The number of hydrogen-bond donors (Lipinski definition) is 0. The highest BCUT2D eigenvalue weighted by atomic mass is 35.5. The number of hydrogen-bond acceptors (Lipinski definition) is 5. The summed E-state index contributed by atoms with van der Waals surface area (Å²) in [6.45, 7) is 0. The maximum absolute atomic E-state index is 11.8. The largest absolute Gasteiger partial charge is 0.497 e. The number of benzene rings is 3. The quantitative estimate of drug-likeness (QED) is 0.359. The van der Waals surface area contributed by atoms with E-state index in [9.17, 15) is 8.42 Å². The molecule has 4 aromatic rings. The summed E-state index contributed by atoms with van der Waals surface area (Å²) in [6.07, 6.45) is 1.20. The van der Waals surface area contributed by atoms with Gasteiger partial charge in [-0.3, -0.25) is 0 Å². The summed E-state index contributed by atoms with van der Waals surface area (Å²) in [4.78, 5) is 6.12. The Morgan fingerprint density at radius 3 is 2.13 bits per heavy atom. The van der Waals surface area contributed by atoms with Gasteiger partial charge in [-0.1, -0.05) is 41.9 Å². The topological polar surface area (TPSA) is 56.3 Å². The number of aromatic nitrogens is 1. The number of methoxy groups -OCH3 is 1. The van der Waals surface area contributed by atoms with Crippen LogP contribution >= 0.6 is 22.9 Å². The third-order valence-electron chi connectivity index (χ3n) is 4.64. The molecule has 152 valence electrons. The summed E-state index contributed by atoms with van der Waals surface area (Å²) >= 11 is 7.95. The Morgan fingerprint density at radius 2 is 1.53 bits per heavy atom. The molecular formula is C23H18ClNO3S2. The van der Waals surface area contributed by atoms with Crippen LogP contribution < -0.4 is 4.74 Å². The van der Waals surface area contributed by atoms with Gasteiger partial charge in [-0.15, -0.1) is 11.3 Å². The first kappa shape index (κ1) is 20.6. The average molecular weight is 456 g/mol. The SMILES string of the molecule is COc1ccc(-c2sc(-c3ccccc3Cl)nc2-c2ccc(S(C)(=O)=O)cc2)cc1. The summed E-state index contributed by atoms with van der Waals surface area (Å²) in [6, 6.07) is 22.2. The van der Waals surface area contributed by atoms with Crippen molar-refractivity contribution in [2.45, 2.75) is 4.90 Å². The minimum atomic E-state index is -3.26. The number of ether oxygens (including phenoxy) is 1. The number of rotatable bonds is 5. The van der Waals surface area contributed by atoms with Crippen molar-refractivity contribution in [1.82, 2.24) is 4.98 Å². The normalized spacial score (nSPS) is 11.4. The highest BCUT2D eigenvalue weighted by Gasteiger charge is 2.18. The highest BCUT2D eigenvalue weighted by Crippen LogP contribution is 2.42. The van der Waals surface area contributed by atoms with E-state index in [2.05, 4.69) is 0 Å². The Morgan fingerprint density at radius 1 is 0.900 bits per heavy atom. The molecule has 0 N–H and O–H groups in total. The zero-order chi connectivity index (χ0) is 21.3. The lowest BCUT2D eigenvalue weighted by atomic mass is 10.1. The van der Waals surface area contributed by atoms with Crippen LogP contribution in [0.15, 0.2) is 77.7 Å². The fourth-order valence-corrected chi connectivity index (χ4v) is 5.11. The molecule has 30 heavy (non-hydrogen) atoms. The minimum Gasteiger partial charge on any atom is -0.497 e.